The van der Waals surface area contributed by atoms with Crippen molar-refractivity contribution < 1.29 is 0 Å². The number of hydrogen-bond donors (Lipinski definition) is 2. The van der Waals surface area contributed by atoms with Crippen LogP contribution in [0.1, 0.15) is 53.4 Å². The third-order valence-electron chi connectivity index (χ3n) is 3.21. The van der Waals surface area contributed by atoms with Gasteiger partial charge in [0.1, 0.15) is 0 Å². The fourth-order valence-corrected chi connectivity index (χ4v) is 1.85. The average Bonchev–Trinajstić information content (AvgIpc) is 2.04. The third kappa shape index (κ3) is 6.16. The molecule has 0 saturated heterocycles. The Hall–Kier alpha value is -0.0800. The van der Waals surface area contributed by atoms with Crippen LogP contribution in [0.5, 0.6) is 0 Å². The highest BCUT2D eigenvalue weighted by Gasteiger charge is 2.17. The minimum Gasteiger partial charge on any atom is -0.313 e. The van der Waals surface area contributed by atoms with E-state index >= 15 is 0 Å². The smallest absolute Gasteiger partial charge is 0.0164 e. The Balaban J connectivity index is 1.95. The van der Waals surface area contributed by atoms with E-state index in [-0.39, 0.29) is 5.54 Å². The van der Waals surface area contributed by atoms with Gasteiger partial charge in [0, 0.05) is 18.1 Å². The van der Waals surface area contributed by atoms with E-state index in [2.05, 4.69) is 38.3 Å². The summed E-state index contributed by atoms with van der Waals surface area (Å²) in [6.07, 6.45) is 5.78. The first-order valence-electron chi connectivity index (χ1n) is 6.46. The van der Waals surface area contributed by atoms with E-state index in [0.717, 1.165) is 12.5 Å². The van der Waals surface area contributed by atoms with Gasteiger partial charge in [-0.05, 0) is 46.6 Å². The lowest BCUT2D eigenvalue weighted by atomic mass is 9.83. The van der Waals surface area contributed by atoms with Crippen LogP contribution < -0.4 is 10.6 Å². The van der Waals surface area contributed by atoms with E-state index in [0.29, 0.717) is 6.04 Å². The SMILES string of the molecule is CC(CNC(C)(C)C)NCCC1CCC1. The van der Waals surface area contributed by atoms with E-state index in [1.165, 1.54) is 32.2 Å². The average molecular weight is 212 g/mol. The van der Waals surface area contributed by atoms with Crippen LogP contribution in [0.2, 0.25) is 0 Å². The molecule has 1 aliphatic rings. The molecule has 1 saturated carbocycles. The van der Waals surface area contributed by atoms with Crippen molar-refractivity contribution in [3.05, 3.63) is 0 Å². The molecule has 1 aliphatic carbocycles. The summed E-state index contributed by atoms with van der Waals surface area (Å²) in [5, 5.41) is 7.12. The van der Waals surface area contributed by atoms with Gasteiger partial charge in [0.2, 0.25) is 0 Å². The molecule has 1 fully saturated rings. The lowest BCUT2D eigenvalue weighted by Crippen LogP contribution is -2.45. The summed E-state index contributed by atoms with van der Waals surface area (Å²) in [5.74, 6) is 1.03. The van der Waals surface area contributed by atoms with Crippen LogP contribution in [0.15, 0.2) is 0 Å². The minimum absolute atomic E-state index is 0.240. The second-order valence-corrected chi connectivity index (χ2v) is 6.07. The molecule has 90 valence electrons. The Bertz CT molecular complexity index is 168. The summed E-state index contributed by atoms with van der Waals surface area (Å²) in [4.78, 5) is 0. The first-order valence-corrected chi connectivity index (χ1v) is 6.46. The predicted octanol–water partition coefficient (Wildman–Crippen LogP) is 2.54. The molecule has 2 N–H and O–H groups in total. The Morgan fingerprint density at radius 1 is 1.27 bits per heavy atom. The predicted molar refractivity (Wildman–Crippen MR) is 67.2 cm³/mol. The normalized spacial score (nSPS) is 20.0. The zero-order chi connectivity index (χ0) is 11.3. The van der Waals surface area contributed by atoms with Gasteiger partial charge in [-0.2, -0.15) is 0 Å². The number of rotatable bonds is 6. The highest BCUT2D eigenvalue weighted by molar-refractivity contribution is 4.75. The second-order valence-electron chi connectivity index (χ2n) is 6.07. The fourth-order valence-electron chi connectivity index (χ4n) is 1.85. The Morgan fingerprint density at radius 2 is 1.93 bits per heavy atom. The first kappa shape index (κ1) is 13.0. The van der Waals surface area contributed by atoms with Gasteiger partial charge in [-0.1, -0.05) is 19.3 Å². The van der Waals surface area contributed by atoms with E-state index in [9.17, 15) is 0 Å². The molecule has 0 bridgehead atoms. The molecular weight excluding hydrogens is 184 g/mol. The Labute approximate surface area is 95.2 Å². The van der Waals surface area contributed by atoms with Gasteiger partial charge in [-0.3, -0.25) is 0 Å². The van der Waals surface area contributed by atoms with Crippen molar-refractivity contribution in [3.8, 4) is 0 Å². The maximum Gasteiger partial charge on any atom is 0.0164 e. The van der Waals surface area contributed by atoms with E-state index in [1.54, 1.807) is 0 Å². The quantitative estimate of drug-likeness (QED) is 0.707. The van der Waals surface area contributed by atoms with Gasteiger partial charge in [-0.25, -0.2) is 0 Å². The molecule has 0 heterocycles. The van der Waals surface area contributed by atoms with Crippen LogP contribution in [0.3, 0.4) is 0 Å². The first-order chi connectivity index (χ1) is 6.97. The van der Waals surface area contributed by atoms with Crippen molar-refractivity contribution in [1.29, 1.82) is 0 Å². The van der Waals surface area contributed by atoms with Gasteiger partial charge in [0.25, 0.3) is 0 Å². The summed E-state index contributed by atoms with van der Waals surface area (Å²) >= 11 is 0. The third-order valence-corrected chi connectivity index (χ3v) is 3.21. The molecule has 0 aliphatic heterocycles. The van der Waals surface area contributed by atoms with Crippen LogP contribution in [0.25, 0.3) is 0 Å². The molecule has 0 radical (unpaired) electrons. The summed E-state index contributed by atoms with van der Waals surface area (Å²) in [5.41, 5.74) is 0.240. The molecule has 0 amide bonds. The molecule has 2 heteroatoms. The van der Waals surface area contributed by atoms with E-state index in [1.807, 2.05) is 0 Å². The standard InChI is InChI=1S/C13H28N2/c1-11(10-15-13(2,3)4)14-9-8-12-6-5-7-12/h11-12,14-15H,5-10H2,1-4H3. The van der Waals surface area contributed by atoms with Crippen molar-refractivity contribution in [1.82, 2.24) is 10.6 Å². The van der Waals surface area contributed by atoms with Crippen LogP contribution >= 0.6 is 0 Å². The Morgan fingerprint density at radius 3 is 2.40 bits per heavy atom. The molecule has 2 nitrogen and oxygen atoms in total. The maximum atomic E-state index is 3.59. The molecule has 1 unspecified atom stereocenters. The summed E-state index contributed by atoms with van der Waals surface area (Å²) in [7, 11) is 0. The van der Waals surface area contributed by atoms with Crippen molar-refractivity contribution in [2.75, 3.05) is 13.1 Å². The summed E-state index contributed by atoms with van der Waals surface area (Å²) in [6, 6.07) is 0.587. The van der Waals surface area contributed by atoms with Crippen molar-refractivity contribution in [3.63, 3.8) is 0 Å². The van der Waals surface area contributed by atoms with E-state index in [4.69, 9.17) is 0 Å². The van der Waals surface area contributed by atoms with Gasteiger partial charge < -0.3 is 10.6 Å². The summed E-state index contributed by atoms with van der Waals surface area (Å²) < 4.78 is 0. The zero-order valence-electron chi connectivity index (χ0n) is 10.9. The zero-order valence-corrected chi connectivity index (χ0v) is 10.9. The molecule has 0 aromatic rings. The van der Waals surface area contributed by atoms with Crippen molar-refractivity contribution >= 4 is 0 Å². The fraction of sp³-hybridized carbons (Fsp3) is 1.00. The minimum atomic E-state index is 0.240. The molecule has 0 aromatic carbocycles. The number of nitrogens with one attached hydrogen (secondary N) is 2. The molecule has 1 rings (SSSR count). The molecule has 0 aromatic heterocycles. The molecule has 15 heavy (non-hydrogen) atoms. The Kier molecular flexibility index (Phi) is 5.07. The molecule has 1 atom stereocenters. The van der Waals surface area contributed by atoms with E-state index < -0.39 is 0 Å². The maximum absolute atomic E-state index is 3.59. The summed E-state index contributed by atoms with van der Waals surface area (Å²) in [6.45, 7) is 11.2. The lowest BCUT2D eigenvalue weighted by Gasteiger charge is -2.27. The highest BCUT2D eigenvalue weighted by Crippen LogP contribution is 2.28. The van der Waals surface area contributed by atoms with Crippen LogP contribution in [-0.2, 0) is 0 Å². The number of hydrogen-bond acceptors (Lipinski definition) is 2. The van der Waals surface area contributed by atoms with Crippen LogP contribution in [0.4, 0.5) is 0 Å². The second kappa shape index (κ2) is 5.86. The van der Waals surface area contributed by atoms with Gasteiger partial charge in [0.15, 0.2) is 0 Å². The van der Waals surface area contributed by atoms with Gasteiger partial charge in [0.05, 0.1) is 0 Å². The van der Waals surface area contributed by atoms with Crippen molar-refractivity contribution in [2.24, 2.45) is 5.92 Å². The van der Waals surface area contributed by atoms with Crippen molar-refractivity contribution in [2.45, 2.75) is 65.0 Å². The molecular formula is C13H28N2. The highest BCUT2D eigenvalue weighted by atomic mass is 15.0. The largest absolute Gasteiger partial charge is 0.313 e. The van der Waals surface area contributed by atoms with Crippen LogP contribution in [-0.4, -0.2) is 24.7 Å². The molecule has 0 spiro atoms. The lowest BCUT2D eigenvalue weighted by molar-refractivity contribution is 0.285. The van der Waals surface area contributed by atoms with Crippen LogP contribution in [0, 0.1) is 5.92 Å². The monoisotopic (exact) mass is 212 g/mol. The van der Waals surface area contributed by atoms with Gasteiger partial charge >= 0.3 is 0 Å². The van der Waals surface area contributed by atoms with Gasteiger partial charge in [-0.15, -0.1) is 0 Å². The topological polar surface area (TPSA) is 24.1 Å².